The van der Waals surface area contributed by atoms with Crippen LogP contribution in [0, 0.1) is 11.6 Å². The molecule has 0 saturated heterocycles. The molecule has 0 bridgehead atoms. The van der Waals surface area contributed by atoms with Crippen LogP contribution in [0.15, 0.2) is 42.5 Å². The van der Waals surface area contributed by atoms with Crippen molar-refractivity contribution in [3.8, 4) is 0 Å². The molecule has 0 aliphatic heterocycles. The number of anilines is 1. The van der Waals surface area contributed by atoms with Crippen molar-refractivity contribution in [2.45, 2.75) is 6.54 Å². The van der Waals surface area contributed by atoms with E-state index in [4.69, 9.17) is 0 Å². The fourth-order valence-electron chi connectivity index (χ4n) is 1.85. The van der Waals surface area contributed by atoms with E-state index in [9.17, 15) is 13.6 Å². The lowest BCUT2D eigenvalue weighted by Gasteiger charge is -2.20. The highest BCUT2D eigenvalue weighted by Crippen LogP contribution is 2.21. The van der Waals surface area contributed by atoms with E-state index in [1.165, 1.54) is 0 Å². The molecule has 2 nitrogen and oxygen atoms in total. The van der Waals surface area contributed by atoms with Gasteiger partial charge in [0.1, 0.15) is 11.6 Å². The minimum atomic E-state index is -0.843. The van der Waals surface area contributed by atoms with Gasteiger partial charge in [0.05, 0.1) is 5.56 Å². The van der Waals surface area contributed by atoms with Crippen molar-refractivity contribution in [2.75, 3.05) is 11.9 Å². The number of hydrogen-bond donors (Lipinski definition) is 0. The summed E-state index contributed by atoms with van der Waals surface area (Å²) < 4.78 is 27.0. The van der Waals surface area contributed by atoms with E-state index in [0.717, 1.165) is 17.7 Å². The number of carbonyl (C=O) groups excluding carboxylic acids is 1. The van der Waals surface area contributed by atoms with Crippen LogP contribution in [0.2, 0.25) is 0 Å². The maximum Gasteiger partial charge on any atom is 0.155 e. The maximum atomic E-state index is 13.5. The van der Waals surface area contributed by atoms with Gasteiger partial charge in [-0.1, -0.05) is 30.3 Å². The normalized spacial score (nSPS) is 10.3. The predicted octanol–water partition coefficient (Wildman–Crippen LogP) is 3.41. The molecule has 98 valence electrons. The predicted molar refractivity (Wildman–Crippen MR) is 70.3 cm³/mol. The van der Waals surface area contributed by atoms with E-state index in [0.29, 0.717) is 12.2 Å². The maximum absolute atomic E-state index is 13.5. The van der Waals surface area contributed by atoms with Crippen molar-refractivity contribution < 1.29 is 13.6 Å². The Bertz CT molecular complexity index is 561. The highest BCUT2D eigenvalue weighted by Gasteiger charge is 2.12. The average molecular weight is 261 g/mol. The fourth-order valence-corrected chi connectivity index (χ4v) is 1.85. The van der Waals surface area contributed by atoms with E-state index in [2.05, 4.69) is 0 Å². The van der Waals surface area contributed by atoms with Crippen LogP contribution in [0.25, 0.3) is 0 Å². The van der Waals surface area contributed by atoms with Gasteiger partial charge in [-0.2, -0.15) is 0 Å². The molecule has 0 radical (unpaired) electrons. The molecule has 4 heteroatoms. The molecular formula is C15H13F2NO. The molecule has 0 saturated carbocycles. The summed E-state index contributed by atoms with van der Waals surface area (Å²) in [5.41, 5.74) is 0.895. The van der Waals surface area contributed by atoms with Gasteiger partial charge < -0.3 is 4.90 Å². The lowest BCUT2D eigenvalue weighted by atomic mass is 10.1. The van der Waals surface area contributed by atoms with E-state index in [1.807, 2.05) is 30.3 Å². The molecule has 0 N–H and O–H groups in total. The third kappa shape index (κ3) is 2.96. The van der Waals surface area contributed by atoms with Gasteiger partial charge in [-0.3, -0.25) is 4.79 Å². The lowest BCUT2D eigenvalue weighted by molar-refractivity contribution is 0.111. The Hall–Kier alpha value is -2.23. The summed E-state index contributed by atoms with van der Waals surface area (Å²) in [7, 11) is 1.74. The van der Waals surface area contributed by atoms with Crippen LogP contribution in [-0.4, -0.2) is 13.3 Å². The van der Waals surface area contributed by atoms with Crippen molar-refractivity contribution in [1.29, 1.82) is 0 Å². The quantitative estimate of drug-likeness (QED) is 0.786. The number of aldehydes is 1. The van der Waals surface area contributed by atoms with Crippen LogP contribution in [0.4, 0.5) is 14.5 Å². The molecule has 2 aromatic carbocycles. The van der Waals surface area contributed by atoms with Crippen molar-refractivity contribution >= 4 is 12.0 Å². The Labute approximate surface area is 110 Å². The Morgan fingerprint density at radius 2 is 1.68 bits per heavy atom. The molecule has 19 heavy (non-hydrogen) atoms. The number of carbonyl (C=O) groups is 1. The van der Waals surface area contributed by atoms with Gasteiger partial charge in [-0.15, -0.1) is 0 Å². The molecular weight excluding hydrogens is 248 g/mol. The molecule has 0 heterocycles. The van der Waals surface area contributed by atoms with Gasteiger partial charge in [-0.25, -0.2) is 8.78 Å². The first kappa shape index (κ1) is 13.2. The van der Waals surface area contributed by atoms with Crippen molar-refractivity contribution in [3.05, 3.63) is 65.2 Å². The second kappa shape index (κ2) is 5.61. The summed E-state index contributed by atoms with van der Waals surface area (Å²) in [5.74, 6) is -1.69. The van der Waals surface area contributed by atoms with Gasteiger partial charge in [0.2, 0.25) is 0 Å². The number of nitrogens with zero attached hydrogens (tertiary/aromatic N) is 1. The first-order valence-electron chi connectivity index (χ1n) is 5.81. The van der Waals surface area contributed by atoms with E-state index >= 15 is 0 Å². The average Bonchev–Trinajstić information content (AvgIpc) is 2.39. The minimum absolute atomic E-state index is 0.186. The molecule has 0 spiro atoms. The lowest BCUT2D eigenvalue weighted by Crippen LogP contribution is -2.17. The number of hydrogen-bond acceptors (Lipinski definition) is 2. The molecule has 2 rings (SSSR count). The second-order valence-electron chi connectivity index (χ2n) is 4.28. The molecule has 0 aliphatic carbocycles. The van der Waals surface area contributed by atoms with Crippen molar-refractivity contribution in [2.24, 2.45) is 0 Å². The molecule has 0 fully saturated rings. The van der Waals surface area contributed by atoms with Gasteiger partial charge in [0, 0.05) is 19.3 Å². The van der Waals surface area contributed by atoms with Crippen LogP contribution < -0.4 is 4.90 Å². The topological polar surface area (TPSA) is 20.3 Å². The molecule has 2 aromatic rings. The molecule has 0 aromatic heterocycles. The van der Waals surface area contributed by atoms with Gasteiger partial charge in [-0.05, 0) is 17.7 Å². The molecule has 0 atom stereocenters. The highest BCUT2D eigenvalue weighted by atomic mass is 19.1. The number of benzene rings is 2. The minimum Gasteiger partial charge on any atom is -0.370 e. The summed E-state index contributed by atoms with van der Waals surface area (Å²) in [6.45, 7) is 0.528. The standard InChI is InChI=1S/C15H13F2NO/c1-18(9-11-5-3-2-4-6-11)12-7-14(16)13(10-19)15(17)8-12/h2-8,10H,9H2,1H3. The first-order valence-corrected chi connectivity index (χ1v) is 5.81. The van der Waals surface area contributed by atoms with Crippen molar-refractivity contribution in [3.63, 3.8) is 0 Å². The molecule has 0 aliphatic rings. The number of rotatable bonds is 4. The summed E-state index contributed by atoms with van der Waals surface area (Å²) in [6, 6.07) is 11.9. The Kier molecular flexibility index (Phi) is 3.90. The van der Waals surface area contributed by atoms with Crippen LogP contribution in [0.5, 0.6) is 0 Å². The number of halogens is 2. The Morgan fingerprint density at radius 3 is 2.21 bits per heavy atom. The van der Waals surface area contributed by atoms with Gasteiger partial charge in [0.25, 0.3) is 0 Å². The van der Waals surface area contributed by atoms with Crippen LogP contribution in [0.1, 0.15) is 15.9 Å². The first-order chi connectivity index (χ1) is 9.11. The van der Waals surface area contributed by atoms with Crippen molar-refractivity contribution in [1.82, 2.24) is 0 Å². The highest BCUT2D eigenvalue weighted by molar-refractivity contribution is 5.76. The SMILES string of the molecule is CN(Cc1ccccc1)c1cc(F)c(C=O)c(F)c1. The van der Waals surface area contributed by atoms with Crippen LogP contribution in [0.3, 0.4) is 0 Å². The Balaban J connectivity index is 2.25. The van der Waals surface area contributed by atoms with Crippen LogP contribution in [-0.2, 0) is 6.54 Å². The third-order valence-electron chi connectivity index (χ3n) is 2.89. The fraction of sp³-hybridized carbons (Fsp3) is 0.133. The van der Waals surface area contributed by atoms with E-state index in [1.54, 1.807) is 11.9 Å². The summed E-state index contributed by atoms with van der Waals surface area (Å²) >= 11 is 0. The Morgan fingerprint density at radius 1 is 1.11 bits per heavy atom. The molecule has 0 unspecified atom stereocenters. The zero-order valence-corrected chi connectivity index (χ0v) is 10.4. The summed E-state index contributed by atoms with van der Waals surface area (Å²) in [6.07, 6.45) is 0.186. The summed E-state index contributed by atoms with van der Waals surface area (Å²) in [5, 5.41) is 0. The van der Waals surface area contributed by atoms with Crippen LogP contribution >= 0.6 is 0 Å². The zero-order valence-electron chi connectivity index (χ0n) is 10.4. The third-order valence-corrected chi connectivity index (χ3v) is 2.89. The smallest absolute Gasteiger partial charge is 0.155 e. The van der Waals surface area contributed by atoms with E-state index in [-0.39, 0.29) is 6.29 Å². The molecule has 0 amide bonds. The largest absolute Gasteiger partial charge is 0.370 e. The van der Waals surface area contributed by atoms with Gasteiger partial charge >= 0.3 is 0 Å². The summed E-state index contributed by atoms with van der Waals surface area (Å²) in [4.78, 5) is 12.2. The zero-order chi connectivity index (χ0) is 13.8. The van der Waals surface area contributed by atoms with E-state index < -0.39 is 17.2 Å². The monoisotopic (exact) mass is 261 g/mol. The van der Waals surface area contributed by atoms with Gasteiger partial charge in [0.15, 0.2) is 6.29 Å². The second-order valence-corrected chi connectivity index (χ2v) is 4.28.